The Labute approximate surface area is 247 Å². The van der Waals surface area contributed by atoms with Gasteiger partial charge in [-0.2, -0.15) is 0 Å². The van der Waals surface area contributed by atoms with E-state index in [9.17, 15) is 0 Å². The van der Waals surface area contributed by atoms with Gasteiger partial charge in [0.2, 0.25) is 0 Å². The molecule has 0 aliphatic heterocycles. The van der Waals surface area contributed by atoms with Crippen LogP contribution in [0.5, 0.6) is 11.5 Å². The van der Waals surface area contributed by atoms with Crippen LogP contribution in [0.25, 0.3) is 32.7 Å². The Kier molecular flexibility index (Phi) is 6.92. The first-order valence-electron chi connectivity index (χ1n) is 13.6. The highest BCUT2D eigenvalue weighted by Gasteiger charge is 2.46. The van der Waals surface area contributed by atoms with Crippen molar-refractivity contribution < 1.29 is 9.47 Å². The number of fused-ring (bicyclic) bond motifs is 5. The molecule has 1 aliphatic carbocycles. The van der Waals surface area contributed by atoms with Crippen LogP contribution in [-0.2, 0) is 5.41 Å². The minimum Gasteiger partial charge on any atom is -0.481 e. The molecule has 1 aliphatic rings. The average molecular weight is 543 g/mol. The fraction of sp³-hybridized carbons (Fsp3) is 0.100. The third-order valence-corrected chi connectivity index (χ3v) is 8.09. The molecule has 0 atom stereocenters. The van der Waals surface area contributed by atoms with Gasteiger partial charge < -0.3 is 9.47 Å². The van der Waals surface area contributed by atoms with Crippen LogP contribution in [0.3, 0.4) is 0 Å². The van der Waals surface area contributed by atoms with Crippen molar-refractivity contribution in [3.8, 4) is 47.3 Å². The molecule has 42 heavy (non-hydrogen) atoms. The molecule has 6 aromatic rings. The van der Waals surface area contributed by atoms with Gasteiger partial charge in [0.05, 0.1) is 5.41 Å². The van der Waals surface area contributed by atoms with E-state index in [2.05, 4.69) is 121 Å². The molecule has 0 saturated carbocycles. The molecule has 0 N–H and O–H groups in total. The fourth-order valence-corrected chi connectivity index (χ4v) is 6.37. The molecule has 2 heteroatoms. The van der Waals surface area contributed by atoms with Crippen molar-refractivity contribution in [2.24, 2.45) is 0 Å². The molecule has 0 fully saturated rings. The maximum Gasteiger partial charge on any atom is 0.148 e. The van der Waals surface area contributed by atoms with Crippen LogP contribution < -0.4 is 9.47 Å². The third-order valence-electron chi connectivity index (χ3n) is 8.09. The zero-order valence-electron chi connectivity index (χ0n) is 22.4. The summed E-state index contributed by atoms with van der Waals surface area (Å²) in [5, 5.41) is 4.51. The molecule has 0 heterocycles. The van der Waals surface area contributed by atoms with Crippen LogP contribution in [0, 0.1) is 24.7 Å². The minimum atomic E-state index is -0.493. The summed E-state index contributed by atoms with van der Waals surface area (Å²) in [4.78, 5) is 0. The molecule has 202 valence electrons. The van der Waals surface area contributed by atoms with Crippen molar-refractivity contribution in [3.05, 3.63) is 144 Å². The van der Waals surface area contributed by atoms with Gasteiger partial charge in [-0.1, -0.05) is 104 Å². The van der Waals surface area contributed by atoms with E-state index in [-0.39, 0.29) is 20.6 Å². The van der Waals surface area contributed by atoms with Crippen molar-refractivity contribution in [2.45, 2.75) is 12.8 Å². The van der Waals surface area contributed by atoms with Crippen molar-refractivity contribution >= 4 is 21.5 Å². The molecule has 0 radical (unpaired) electrons. The maximum absolute atomic E-state index is 5.69. The second-order valence-corrected chi connectivity index (χ2v) is 10.3. The number of benzene rings is 6. The van der Waals surface area contributed by atoms with E-state index >= 15 is 0 Å². The zero-order chi connectivity index (χ0) is 27.8. The summed E-state index contributed by atoms with van der Waals surface area (Å²) in [6.45, 7) is 0.500. The Bertz CT molecular complexity index is 1890. The zero-order valence-corrected chi connectivity index (χ0v) is 22.4. The Balaban J connectivity index is 0.00000316. The largest absolute Gasteiger partial charge is 0.481 e. The third kappa shape index (κ3) is 4.17. The van der Waals surface area contributed by atoms with Crippen LogP contribution in [0.4, 0.5) is 0 Å². The normalized spacial score (nSPS) is 12.4. The summed E-state index contributed by atoms with van der Waals surface area (Å²) in [5.74, 6) is 6.63. The lowest BCUT2D eigenvalue weighted by molar-refractivity contribution is 0.371. The topological polar surface area (TPSA) is 18.5 Å². The lowest BCUT2D eigenvalue weighted by Gasteiger charge is -2.34. The minimum absolute atomic E-state index is 0. The van der Waals surface area contributed by atoms with Crippen LogP contribution in [0.2, 0.25) is 0 Å². The van der Waals surface area contributed by atoms with Gasteiger partial charge in [-0.15, -0.1) is 12.8 Å². The van der Waals surface area contributed by atoms with E-state index in [0.717, 1.165) is 33.0 Å². The monoisotopic (exact) mass is 542 g/mol. The molecule has 6 aromatic carbocycles. The molecular weight excluding hydrogens is 512 g/mol. The van der Waals surface area contributed by atoms with Crippen LogP contribution in [0.1, 0.15) is 29.7 Å². The number of hydrogen-bond acceptors (Lipinski definition) is 2. The smallest absolute Gasteiger partial charge is 0.148 e. The Morgan fingerprint density at radius 1 is 0.500 bits per heavy atom. The van der Waals surface area contributed by atoms with Crippen molar-refractivity contribution in [1.29, 1.82) is 0 Å². The van der Waals surface area contributed by atoms with Crippen molar-refractivity contribution in [3.63, 3.8) is 0 Å². The standard InChI is InChI=1S/C39H26O2.CH4/c1-3-21-40-33-19-15-27-23-31(17-13-29(27)25-33)39(37-11-7-5-9-35(37)36-10-6-8-12-38(36)39)32-18-14-30-26-34(41-22-4-2)20-16-28(30)24-32;/h1-2,5-20,23-26H,21-22H2;1H4. The molecular formula is C40H30O2. The highest BCUT2D eigenvalue weighted by Crippen LogP contribution is 2.56. The molecule has 0 aromatic heterocycles. The maximum atomic E-state index is 5.69. The second-order valence-electron chi connectivity index (χ2n) is 10.3. The van der Waals surface area contributed by atoms with E-state index in [1.807, 2.05) is 12.1 Å². The van der Waals surface area contributed by atoms with Gasteiger partial charge in [-0.05, 0) is 91.3 Å². The molecule has 0 saturated heterocycles. The number of terminal acetylenes is 2. The highest BCUT2D eigenvalue weighted by atomic mass is 16.5. The Morgan fingerprint density at radius 3 is 1.36 bits per heavy atom. The number of rotatable bonds is 6. The SMILES string of the molecule is C.C#CCOc1ccc2cc(C3(c4ccc5cc(OCC#C)ccc5c4)c4ccccc4-c4ccccc43)ccc2c1. The van der Waals surface area contributed by atoms with Gasteiger partial charge in [-0.25, -0.2) is 0 Å². The fourth-order valence-electron chi connectivity index (χ4n) is 6.37. The predicted molar refractivity (Wildman–Crippen MR) is 174 cm³/mol. The van der Waals surface area contributed by atoms with Gasteiger partial charge in [0, 0.05) is 0 Å². The average Bonchev–Trinajstić information content (AvgIpc) is 3.33. The van der Waals surface area contributed by atoms with Crippen molar-refractivity contribution in [2.75, 3.05) is 13.2 Å². The van der Waals surface area contributed by atoms with Gasteiger partial charge in [0.25, 0.3) is 0 Å². The number of ether oxygens (including phenoxy) is 2. The van der Waals surface area contributed by atoms with Crippen molar-refractivity contribution in [1.82, 2.24) is 0 Å². The number of hydrogen-bond donors (Lipinski definition) is 0. The van der Waals surface area contributed by atoms with E-state index in [1.54, 1.807) is 0 Å². The summed E-state index contributed by atoms with van der Waals surface area (Å²) in [6, 6.07) is 43.4. The van der Waals surface area contributed by atoms with Gasteiger partial charge >= 0.3 is 0 Å². The van der Waals surface area contributed by atoms with Crippen LogP contribution in [-0.4, -0.2) is 13.2 Å². The van der Waals surface area contributed by atoms with E-state index < -0.39 is 5.41 Å². The second kappa shape index (κ2) is 10.9. The molecule has 0 unspecified atom stereocenters. The first kappa shape index (κ1) is 26.8. The predicted octanol–water partition coefficient (Wildman–Crippen LogP) is 9.02. The molecule has 0 bridgehead atoms. The molecule has 0 spiro atoms. The first-order chi connectivity index (χ1) is 20.2. The highest BCUT2D eigenvalue weighted by molar-refractivity contribution is 5.92. The summed E-state index contributed by atoms with van der Waals surface area (Å²) < 4.78 is 11.4. The molecule has 7 rings (SSSR count). The van der Waals surface area contributed by atoms with Gasteiger partial charge in [0.1, 0.15) is 24.7 Å². The first-order valence-corrected chi connectivity index (χ1v) is 13.6. The van der Waals surface area contributed by atoms with Crippen LogP contribution >= 0.6 is 0 Å². The quantitative estimate of drug-likeness (QED) is 0.195. The van der Waals surface area contributed by atoms with Crippen LogP contribution in [0.15, 0.2) is 121 Å². The summed E-state index contributed by atoms with van der Waals surface area (Å²) >= 11 is 0. The van der Waals surface area contributed by atoms with E-state index in [1.165, 1.54) is 33.4 Å². The lowest BCUT2D eigenvalue weighted by Crippen LogP contribution is -2.28. The van der Waals surface area contributed by atoms with E-state index in [4.69, 9.17) is 22.3 Å². The van der Waals surface area contributed by atoms with Gasteiger partial charge in [-0.3, -0.25) is 0 Å². The summed E-state index contributed by atoms with van der Waals surface area (Å²) in [6.07, 6.45) is 10.8. The summed E-state index contributed by atoms with van der Waals surface area (Å²) in [7, 11) is 0. The lowest BCUT2D eigenvalue weighted by atomic mass is 9.67. The Hall–Kier alpha value is -5.44. The Morgan fingerprint density at radius 2 is 0.905 bits per heavy atom. The molecule has 2 nitrogen and oxygen atoms in total. The molecule has 0 amide bonds. The van der Waals surface area contributed by atoms with Gasteiger partial charge in [0.15, 0.2) is 0 Å². The van der Waals surface area contributed by atoms with E-state index in [0.29, 0.717) is 0 Å². The summed E-state index contributed by atoms with van der Waals surface area (Å²) in [5.41, 5.74) is 7.03.